The third kappa shape index (κ3) is 4.44. The smallest absolute Gasteiger partial charge is 0.219 e. The van der Waals surface area contributed by atoms with Gasteiger partial charge in [-0.1, -0.05) is 6.07 Å². The predicted octanol–water partition coefficient (Wildman–Crippen LogP) is 2.09. The molecule has 0 aliphatic heterocycles. The largest absolute Gasteiger partial charge is 0.388 e. The van der Waals surface area contributed by atoms with Gasteiger partial charge in [0.1, 0.15) is 0 Å². The Morgan fingerprint density at radius 2 is 2.47 bits per heavy atom. The van der Waals surface area contributed by atoms with E-state index in [-0.39, 0.29) is 5.91 Å². The van der Waals surface area contributed by atoms with E-state index in [0.29, 0.717) is 19.4 Å². The van der Waals surface area contributed by atoms with Crippen molar-refractivity contribution in [1.82, 2.24) is 5.32 Å². The summed E-state index contributed by atoms with van der Waals surface area (Å²) in [7, 11) is 0. The summed E-state index contributed by atoms with van der Waals surface area (Å²) in [6.45, 7) is 2.57. The Morgan fingerprint density at radius 3 is 3.07 bits per heavy atom. The number of nitrogens with one attached hydrogen (secondary N) is 1. The molecule has 1 heterocycles. The van der Waals surface area contributed by atoms with E-state index in [9.17, 15) is 9.90 Å². The molecule has 1 atom stereocenters. The molecule has 1 amide bonds. The van der Waals surface area contributed by atoms with Gasteiger partial charge in [-0.2, -0.15) is 0 Å². The maximum atomic E-state index is 11.1. The lowest BCUT2D eigenvalue weighted by Gasteiger charge is -2.07. The van der Waals surface area contributed by atoms with Crippen LogP contribution in [0.15, 0.2) is 17.5 Å². The predicted molar refractivity (Wildman–Crippen MR) is 61.8 cm³/mol. The van der Waals surface area contributed by atoms with E-state index in [2.05, 4.69) is 5.32 Å². The minimum Gasteiger partial charge on any atom is -0.388 e. The molecule has 4 heteroatoms. The Balaban J connectivity index is 2.18. The molecule has 0 aliphatic rings. The van der Waals surface area contributed by atoms with Crippen molar-refractivity contribution in [3.8, 4) is 0 Å². The zero-order chi connectivity index (χ0) is 11.1. The van der Waals surface area contributed by atoms with Crippen molar-refractivity contribution in [1.29, 1.82) is 0 Å². The highest BCUT2D eigenvalue weighted by Gasteiger charge is 2.09. The molecule has 0 spiro atoms. The SMILES string of the molecule is CCNC(=O)CCCC(O)c1cccs1. The second-order valence-corrected chi connectivity index (χ2v) is 4.36. The molecule has 1 unspecified atom stereocenters. The Labute approximate surface area is 94.1 Å². The molecule has 0 aliphatic carbocycles. The molecule has 0 saturated heterocycles. The molecule has 2 N–H and O–H groups in total. The molecule has 0 saturated carbocycles. The van der Waals surface area contributed by atoms with E-state index in [1.54, 1.807) is 11.3 Å². The summed E-state index contributed by atoms with van der Waals surface area (Å²) < 4.78 is 0. The van der Waals surface area contributed by atoms with E-state index >= 15 is 0 Å². The third-order valence-corrected chi connectivity index (χ3v) is 3.10. The van der Waals surface area contributed by atoms with E-state index < -0.39 is 6.10 Å². The first-order valence-electron chi connectivity index (χ1n) is 5.22. The van der Waals surface area contributed by atoms with Crippen LogP contribution in [-0.4, -0.2) is 17.6 Å². The average Bonchev–Trinajstić information content (AvgIpc) is 2.70. The molecule has 0 fully saturated rings. The van der Waals surface area contributed by atoms with Crippen LogP contribution in [0.4, 0.5) is 0 Å². The zero-order valence-electron chi connectivity index (χ0n) is 8.90. The van der Waals surface area contributed by atoms with Crippen molar-refractivity contribution in [3.05, 3.63) is 22.4 Å². The lowest BCUT2D eigenvalue weighted by Crippen LogP contribution is -2.22. The first-order chi connectivity index (χ1) is 7.24. The molecule has 0 bridgehead atoms. The Kier molecular flexibility index (Phi) is 5.36. The first-order valence-corrected chi connectivity index (χ1v) is 6.10. The average molecular weight is 227 g/mol. The van der Waals surface area contributed by atoms with E-state index in [0.717, 1.165) is 11.3 Å². The van der Waals surface area contributed by atoms with E-state index in [1.165, 1.54) is 0 Å². The number of rotatable bonds is 6. The lowest BCUT2D eigenvalue weighted by atomic mass is 10.1. The number of carbonyl (C=O) groups is 1. The molecular formula is C11H17NO2S. The molecule has 1 aromatic heterocycles. The zero-order valence-corrected chi connectivity index (χ0v) is 9.72. The number of thiophene rings is 1. The third-order valence-electron chi connectivity index (χ3n) is 2.13. The summed E-state index contributed by atoms with van der Waals surface area (Å²) in [5.41, 5.74) is 0. The quantitative estimate of drug-likeness (QED) is 0.781. The Hall–Kier alpha value is -0.870. The van der Waals surface area contributed by atoms with Gasteiger partial charge in [0, 0.05) is 17.8 Å². The summed E-state index contributed by atoms with van der Waals surface area (Å²) in [5, 5.41) is 14.4. The number of aliphatic hydroxyl groups is 1. The van der Waals surface area contributed by atoms with Crippen LogP contribution in [-0.2, 0) is 4.79 Å². The van der Waals surface area contributed by atoms with Crippen molar-refractivity contribution in [2.45, 2.75) is 32.3 Å². The van der Waals surface area contributed by atoms with Gasteiger partial charge in [0.2, 0.25) is 5.91 Å². The molecular weight excluding hydrogens is 210 g/mol. The number of hydrogen-bond donors (Lipinski definition) is 2. The number of carbonyl (C=O) groups excluding carboxylic acids is 1. The van der Waals surface area contributed by atoms with Gasteiger partial charge in [-0.15, -0.1) is 11.3 Å². The van der Waals surface area contributed by atoms with Gasteiger partial charge in [-0.05, 0) is 31.2 Å². The molecule has 1 aromatic rings. The standard InChI is InChI=1S/C11H17NO2S/c1-2-12-11(14)7-3-5-9(13)10-6-4-8-15-10/h4,6,8-9,13H,2-3,5,7H2,1H3,(H,12,14). The van der Waals surface area contributed by atoms with Crippen LogP contribution in [0.3, 0.4) is 0 Å². The fourth-order valence-corrected chi connectivity index (χ4v) is 2.11. The molecule has 3 nitrogen and oxygen atoms in total. The van der Waals surface area contributed by atoms with Crippen LogP contribution in [0.25, 0.3) is 0 Å². The molecule has 0 radical (unpaired) electrons. The van der Waals surface area contributed by atoms with Gasteiger partial charge in [0.05, 0.1) is 6.10 Å². The minimum atomic E-state index is -0.417. The fourth-order valence-electron chi connectivity index (χ4n) is 1.36. The highest BCUT2D eigenvalue weighted by Crippen LogP contribution is 2.23. The van der Waals surface area contributed by atoms with Crippen molar-refractivity contribution in [3.63, 3.8) is 0 Å². The van der Waals surface area contributed by atoms with Crippen LogP contribution in [0.2, 0.25) is 0 Å². The summed E-state index contributed by atoms with van der Waals surface area (Å²) in [5.74, 6) is 0.0656. The van der Waals surface area contributed by atoms with Gasteiger partial charge >= 0.3 is 0 Å². The highest BCUT2D eigenvalue weighted by atomic mass is 32.1. The summed E-state index contributed by atoms with van der Waals surface area (Å²) in [6.07, 6.45) is 1.46. The highest BCUT2D eigenvalue weighted by molar-refractivity contribution is 7.10. The monoisotopic (exact) mass is 227 g/mol. The maximum absolute atomic E-state index is 11.1. The second kappa shape index (κ2) is 6.58. The van der Waals surface area contributed by atoms with Gasteiger partial charge < -0.3 is 10.4 Å². The number of hydrogen-bond acceptors (Lipinski definition) is 3. The molecule has 84 valence electrons. The first kappa shape index (κ1) is 12.2. The number of aliphatic hydroxyl groups excluding tert-OH is 1. The minimum absolute atomic E-state index is 0.0656. The van der Waals surface area contributed by atoms with Crippen molar-refractivity contribution >= 4 is 17.2 Å². The normalized spacial score (nSPS) is 12.4. The maximum Gasteiger partial charge on any atom is 0.219 e. The molecule has 1 rings (SSSR count). The molecule has 15 heavy (non-hydrogen) atoms. The summed E-state index contributed by atoms with van der Waals surface area (Å²) in [4.78, 5) is 12.1. The Bertz CT molecular complexity index is 285. The van der Waals surface area contributed by atoms with Gasteiger partial charge in [-0.3, -0.25) is 4.79 Å². The number of amides is 1. The van der Waals surface area contributed by atoms with Crippen LogP contribution in [0.5, 0.6) is 0 Å². The van der Waals surface area contributed by atoms with Gasteiger partial charge in [0.25, 0.3) is 0 Å². The van der Waals surface area contributed by atoms with Crippen molar-refractivity contribution in [2.24, 2.45) is 0 Å². The van der Waals surface area contributed by atoms with E-state index in [4.69, 9.17) is 0 Å². The summed E-state index contributed by atoms with van der Waals surface area (Å²) in [6, 6.07) is 3.84. The summed E-state index contributed by atoms with van der Waals surface area (Å²) >= 11 is 1.55. The van der Waals surface area contributed by atoms with Crippen LogP contribution >= 0.6 is 11.3 Å². The van der Waals surface area contributed by atoms with Crippen molar-refractivity contribution in [2.75, 3.05) is 6.54 Å². The van der Waals surface area contributed by atoms with E-state index in [1.807, 2.05) is 24.4 Å². The van der Waals surface area contributed by atoms with Gasteiger partial charge in [0.15, 0.2) is 0 Å². The second-order valence-electron chi connectivity index (χ2n) is 3.38. The fraction of sp³-hybridized carbons (Fsp3) is 0.545. The van der Waals surface area contributed by atoms with Crippen LogP contribution in [0.1, 0.15) is 37.2 Å². The van der Waals surface area contributed by atoms with Gasteiger partial charge in [-0.25, -0.2) is 0 Å². The topological polar surface area (TPSA) is 49.3 Å². The Morgan fingerprint density at radius 1 is 1.67 bits per heavy atom. The van der Waals surface area contributed by atoms with Crippen LogP contribution in [0, 0.1) is 0 Å². The molecule has 0 aromatic carbocycles. The van der Waals surface area contributed by atoms with Crippen molar-refractivity contribution < 1.29 is 9.90 Å². The lowest BCUT2D eigenvalue weighted by molar-refractivity contribution is -0.121. The van der Waals surface area contributed by atoms with Crippen LogP contribution < -0.4 is 5.32 Å².